The molecular formula is C11H19N3OS2. The Bertz CT molecular complexity index is 375. The lowest BCUT2D eigenvalue weighted by atomic mass is 10.1. The Hall–Kier alpha value is -0.200. The van der Waals surface area contributed by atoms with Crippen LogP contribution in [0.5, 0.6) is 0 Å². The number of hydrogen-bond donors (Lipinski definition) is 1. The van der Waals surface area contributed by atoms with Crippen LogP contribution in [0.4, 0.5) is 0 Å². The molecule has 0 amide bonds. The van der Waals surface area contributed by atoms with Crippen LogP contribution < -0.4 is 5.73 Å². The van der Waals surface area contributed by atoms with Crippen molar-refractivity contribution in [3.05, 3.63) is 11.7 Å². The van der Waals surface area contributed by atoms with Crippen molar-refractivity contribution < 1.29 is 4.52 Å². The van der Waals surface area contributed by atoms with Gasteiger partial charge in [-0.3, -0.25) is 0 Å². The summed E-state index contributed by atoms with van der Waals surface area (Å²) < 4.78 is 5.27. The second-order valence-corrected chi connectivity index (χ2v) is 7.38. The molecule has 96 valence electrons. The van der Waals surface area contributed by atoms with Crippen molar-refractivity contribution in [2.45, 2.75) is 43.2 Å². The number of rotatable bonds is 3. The molecule has 0 spiro atoms. The quantitative estimate of drug-likeness (QED) is 0.913. The largest absolute Gasteiger partial charge is 0.337 e. The number of hydrogen-bond acceptors (Lipinski definition) is 6. The van der Waals surface area contributed by atoms with Crippen molar-refractivity contribution in [3.8, 4) is 0 Å². The topological polar surface area (TPSA) is 64.9 Å². The standard InChI is InChI=1S/C11H19N3OS2/c1-4-7-8(17-6-5-16-7)9-13-10(15-14-9)11(2,3)12/h7-8H,4-6,12H2,1-3H3. The van der Waals surface area contributed by atoms with E-state index in [4.69, 9.17) is 10.3 Å². The van der Waals surface area contributed by atoms with Crippen LogP contribution in [-0.2, 0) is 5.54 Å². The lowest BCUT2D eigenvalue weighted by molar-refractivity contribution is 0.310. The molecule has 1 saturated heterocycles. The summed E-state index contributed by atoms with van der Waals surface area (Å²) in [4.78, 5) is 4.47. The highest BCUT2D eigenvalue weighted by Crippen LogP contribution is 2.43. The van der Waals surface area contributed by atoms with Gasteiger partial charge in [0.15, 0.2) is 5.82 Å². The van der Waals surface area contributed by atoms with E-state index in [0.29, 0.717) is 16.4 Å². The molecule has 0 radical (unpaired) electrons. The second kappa shape index (κ2) is 5.20. The summed E-state index contributed by atoms with van der Waals surface area (Å²) in [6.07, 6.45) is 1.14. The van der Waals surface area contributed by atoms with E-state index in [2.05, 4.69) is 17.1 Å². The molecule has 0 aliphatic carbocycles. The lowest BCUT2D eigenvalue weighted by Crippen LogP contribution is -2.29. The molecule has 2 N–H and O–H groups in total. The van der Waals surface area contributed by atoms with Gasteiger partial charge in [0.1, 0.15) is 0 Å². The zero-order chi connectivity index (χ0) is 12.5. The maximum atomic E-state index is 5.96. The average molecular weight is 273 g/mol. The van der Waals surface area contributed by atoms with Gasteiger partial charge in [-0.05, 0) is 20.3 Å². The minimum atomic E-state index is -0.556. The molecule has 2 unspecified atom stereocenters. The van der Waals surface area contributed by atoms with E-state index in [1.54, 1.807) is 0 Å². The molecule has 2 heterocycles. The first-order valence-corrected chi connectivity index (χ1v) is 7.98. The molecule has 2 rings (SSSR count). The van der Waals surface area contributed by atoms with Crippen LogP contribution in [0.15, 0.2) is 4.52 Å². The number of nitrogens with two attached hydrogens (primary N) is 1. The van der Waals surface area contributed by atoms with Crippen molar-refractivity contribution in [3.63, 3.8) is 0 Å². The lowest BCUT2D eigenvalue weighted by Gasteiger charge is -2.27. The Morgan fingerprint density at radius 2 is 2.12 bits per heavy atom. The second-order valence-electron chi connectivity index (χ2n) is 4.79. The molecule has 17 heavy (non-hydrogen) atoms. The maximum Gasteiger partial charge on any atom is 0.246 e. The molecule has 4 nitrogen and oxygen atoms in total. The Kier molecular flexibility index (Phi) is 4.05. The van der Waals surface area contributed by atoms with Gasteiger partial charge in [-0.1, -0.05) is 12.1 Å². The maximum absolute atomic E-state index is 5.96. The van der Waals surface area contributed by atoms with Crippen LogP contribution >= 0.6 is 23.5 Å². The fourth-order valence-electron chi connectivity index (χ4n) is 1.75. The molecule has 0 saturated carbocycles. The molecular weight excluding hydrogens is 254 g/mol. The minimum absolute atomic E-state index is 0.346. The average Bonchev–Trinajstić information content (AvgIpc) is 2.77. The highest BCUT2D eigenvalue weighted by atomic mass is 32.2. The van der Waals surface area contributed by atoms with Crippen molar-refractivity contribution in [1.29, 1.82) is 0 Å². The van der Waals surface area contributed by atoms with Crippen LogP contribution in [-0.4, -0.2) is 26.9 Å². The first-order chi connectivity index (χ1) is 8.02. The predicted molar refractivity (Wildman–Crippen MR) is 73.2 cm³/mol. The molecule has 6 heteroatoms. The van der Waals surface area contributed by atoms with Crippen molar-refractivity contribution in [1.82, 2.24) is 10.1 Å². The van der Waals surface area contributed by atoms with E-state index in [-0.39, 0.29) is 0 Å². The van der Waals surface area contributed by atoms with Crippen LogP contribution in [0.3, 0.4) is 0 Å². The number of nitrogens with zero attached hydrogens (tertiary/aromatic N) is 2. The van der Waals surface area contributed by atoms with Crippen LogP contribution in [0, 0.1) is 0 Å². The van der Waals surface area contributed by atoms with Gasteiger partial charge in [-0.2, -0.15) is 16.7 Å². The highest BCUT2D eigenvalue weighted by Gasteiger charge is 2.32. The molecule has 0 bridgehead atoms. The zero-order valence-corrected chi connectivity index (χ0v) is 12.1. The van der Waals surface area contributed by atoms with Crippen LogP contribution in [0.1, 0.15) is 44.2 Å². The van der Waals surface area contributed by atoms with E-state index in [1.807, 2.05) is 37.4 Å². The Morgan fingerprint density at radius 1 is 1.41 bits per heavy atom. The number of thioether (sulfide) groups is 2. The van der Waals surface area contributed by atoms with Gasteiger partial charge in [0.2, 0.25) is 5.89 Å². The predicted octanol–water partition coefficient (Wildman–Crippen LogP) is 2.56. The van der Waals surface area contributed by atoms with E-state index >= 15 is 0 Å². The van der Waals surface area contributed by atoms with Gasteiger partial charge in [0.05, 0.1) is 10.8 Å². The minimum Gasteiger partial charge on any atom is -0.337 e. The van der Waals surface area contributed by atoms with E-state index in [9.17, 15) is 0 Å². The Balaban J connectivity index is 2.18. The fourth-order valence-corrected chi connectivity index (χ4v) is 4.74. The summed E-state index contributed by atoms with van der Waals surface area (Å²) in [6, 6.07) is 0. The fraction of sp³-hybridized carbons (Fsp3) is 0.818. The third-order valence-corrected chi connectivity index (χ3v) is 5.94. The molecule has 2 atom stereocenters. The van der Waals surface area contributed by atoms with Gasteiger partial charge in [0.25, 0.3) is 0 Å². The van der Waals surface area contributed by atoms with Crippen molar-refractivity contribution in [2.75, 3.05) is 11.5 Å². The monoisotopic (exact) mass is 273 g/mol. The summed E-state index contributed by atoms with van der Waals surface area (Å²) in [5.74, 6) is 3.70. The van der Waals surface area contributed by atoms with Gasteiger partial charge < -0.3 is 10.3 Å². The van der Waals surface area contributed by atoms with Gasteiger partial charge >= 0.3 is 0 Å². The van der Waals surface area contributed by atoms with Gasteiger partial charge in [0, 0.05) is 16.8 Å². The summed E-state index contributed by atoms with van der Waals surface area (Å²) in [7, 11) is 0. The molecule has 1 aliphatic heterocycles. The first kappa shape index (κ1) is 13.2. The molecule has 1 aromatic heterocycles. The Labute approximate surface area is 110 Å². The van der Waals surface area contributed by atoms with E-state index in [0.717, 1.165) is 18.0 Å². The van der Waals surface area contributed by atoms with Crippen LogP contribution in [0.2, 0.25) is 0 Å². The number of aromatic nitrogens is 2. The third kappa shape index (κ3) is 2.98. The summed E-state index contributed by atoms with van der Waals surface area (Å²) in [6.45, 7) is 5.97. The normalized spacial score (nSPS) is 26.1. The zero-order valence-electron chi connectivity index (χ0n) is 10.5. The molecule has 1 fully saturated rings. The molecule has 1 aromatic rings. The summed E-state index contributed by atoms with van der Waals surface area (Å²) in [5, 5.41) is 5.03. The summed E-state index contributed by atoms with van der Waals surface area (Å²) in [5.41, 5.74) is 5.40. The first-order valence-electron chi connectivity index (χ1n) is 5.88. The van der Waals surface area contributed by atoms with E-state index < -0.39 is 5.54 Å². The Morgan fingerprint density at radius 3 is 2.71 bits per heavy atom. The summed E-state index contributed by atoms with van der Waals surface area (Å²) >= 11 is 3.94. The SMILES string of the molecule is CCC1SCCSC1c1noc(C(C)(C)N)n1. The van der Waals surface area contributed by atoms with Crippen molar-refractivity contribution in [2.24, 2.45) is 5.73 Å². The smallest absolute Gasteiger partial charge is 0.246 e. The third-order valence-electron chi connectivity index (χ3n) is 2.70. The van der Waals surface area contributed by atoms with Crippen LogP contribution in [0.25, 0.3) is 0 Å². The highest BCUT2D eigenvalue weighted by molar-refractivity contribution is 8.06. The molecule has 0 aromatic carbocycles. The van der Waals surface area contributed by atoms with E-state index in [1.165, 1.54) is 5.75 Å². The van der Waals surface area contributed by atoms with Crippen molar-refractivity contribution >= 4 is 23.5 Å². The molecule has 1 aliphatic rings. The van der Waals surface area contributed by atoms with Gasteiger partial charge in [-0.15, -0.1) is 11.8 Å². The van der Waals surface area contributed by atoms with Gasteiger partial charge in [-0.25, -0.2) is 0 Å².